The number of rotatable bonds is 3. The molecule has 3 rings (SSSR count). The Morgan fingerprint density at radius 3 is 2.36 bits per heavy atom. The Morgan fingerprint density at radius 2 is 1.69 bits per heavy atom. The SMILES string of the molecule is CC(C)(C)OC(=O)ON(CC#Cc1cccc(C2=NC(c3ccccc3)CO2)c1)C(=O)OC(C)(C)C. The number of benzene rings is 2. The molecular weight excluding hydrogens is 460 g/mol. The van der Waals surface area contributed by atoms with E-state index in [1.54, 1.807) is 41.5 Å². The van der Waals surface area contributed by atoms with Gasteiger partial charge in [-0.25, -0.2) is 14.6 Å². The number of hydrogen-bond acceptors (Lipinski definition) is 7. The van der Waals surface area contributed by atoms with Gasteiger partial charge < -0.3 is 14.2 Å². The number of carbonyl (C=O) groups excluding carboxylic acids is 2. The molecule has 0 saturated heterocycles. The van der Waals surface area contributed by atoms with Crippen LogP contribution in [0.1, 0.15) is 64.3 Å². The summed E-state index contributed by atoms with van der Waals surface area (Å²) in [7, 11) is 0. The first-order valence-electron chi connectivity index (χ1n) is 11.7. The van der Waals surface area contributed by atoms with Gasteiger partial charge in [-0.2, -0.15) is 0 Å². The number of carbonyl (C=O) groups is 2. The van der Waals surface area contributed by atoms with Crippen LogP contribution in [0.3, 0.4) is 0 Å². The Hall–Kier alpha value is -3.99. The van der Waals surface area contributed by atoms with Gasteiger partial charge in [0.2, 0.25) is 5.90 Å². The highest BCUT2D eigenvalue weighted by Crippen LogP contribution is 2.25. The third-order valence-corrected chi connectivity index (χ3v) is 4.57. The molecule has 1 atom stereocenters. The number of hydrogen-bond donors (Lipinski definition) is 0. The highest BCUT2D eigenvalue weighted by molar-refractivity contribution is 5.95. The van der Waals surface area contributed by atoms with Crippen LogP contribution in [0.4, 0.5) is 9.59 Å². The molecule has 0 fully saturated rings. The van der Waals surface area contributed by atoms with Crippen LogP contribution in [-0.4, -0.2) is 47.6 Å². The standard InChI is InChI=1S/C28H32N2O6/c1-27(2,3)34-25(31)30(36-26(32)35-28(4,5)6)17-11-13-20-12-10-16-22(18-20)24-29-23(19-33-24)21-14-8-7-9-15-21/h7-10,12,14-16,18,23H,17,19H2,1-6H3. The van der Waals surface area contributed by atoms with Crippen molar-refractivity contribution in [1.82, 2.24) is 5.06 Å². The summed E-state index contributed by atoms with van der Waals surface area (Å²) in [6, 6.07) is 17.4. The second kappa shape index (κ2) is 11.2. The summed E-state index contributed by atoms with van der Waals surface area (Å²) in [6.07, 6.45) is -1.88. The molecule has 1 heterocycles. The average Bonchev–Trinajstić information content (AvgIpc) is 3.27. The molecule has 2 aromatic carbocycles. The van der Waals surface area contributed by atoms with Gasteiger partial charge >= 0.3 is 12.2 Å². The minimum absolute atomic E-state index is 0.0525. The number of hydroxylamine groups is 2. The van der Waals surface area contributed by atoms with E-state index in [-0.39, 0.29) is 12.6 Å². The van der Waals surface area contributed by atoms with Gasteiger partial charge in [-0.05, 0) is 65.3 Å². The molecule has 1 unspecified atom stereocenters. The average molecular weight is 493 g/mol. The normalized spacial score (nSPS) is 15.1. The van der Waals surface area contributed by atoms with Crippen molar-refractivity contribution in [3.63, 3.8) is 0 Å². The minimum Gasteiger partial charge on any atom is -0.475 e. The molecule has 0 aromatic heterocycles. The van der Waals surface area contributed by atoms with Crippen LogP contribution in [0.5, 0.6) is 0 Å². The zero-order chi connectivity index (χ0) is 26.3. The van der Waals surface area contributed by atoms with Gasteiger partial charge in [0.25, 0.3) is 0 Å². The van der Waals surface area contributed by atoms with Crippen molar-refractivity contribution >= 4 is 18.1 Å². The maximum Gasteiger partial charge on any atom is 0.534 e. The fourth-order valence-electron chi connectivity index (χ4n) is 3.13. The van der Waals surface area contributed by atoms with E-state index in [1.165, 1.54) is 0 Å². The molecule has 8 nitrogen and oxygen atoms in total. The maximum absolute atomic E-state index is 12.5. The van der Waals surface area contributed by atoms with Crippen molar-refractivity contribution in [2.75, 3.05) is 13.2 Å². The van der Waals surface area contributed by atoms with Gasteiger partial charge in [-0.3, -0.25) is 4.84 Å². The molecule has 0 saturated carbocycles. The van der Waals surface area contributed by atoms with E-state index in [0.717, 1.165) is 16.2 Å². The molecule has 0 bridgehead atoms. The predicted octanol–water partition coefficient (Wildman–Crippen LogP) is 5.66. The molecule has 36 heavy (non-hydrogen) atoms. The molecular formula is C28H32N2O6. The second-order valence-corrected chi connectivity index (χ2v) is 10.1. The topological polar surface area (TPSA) is 86.7 Å². The first-order valence-corrected chi connectivity index (χ1v) is 11.7. The quantitative estimate of drug-likeness (QED) is 0.312. The minimum atomic E-state index is -1.03. The van der Waals surface area contributed by atoms with Crippen LogP contribution in [0, 0.1) is 11.8 Å². The van der Waals surface area contributed by atoms with Gasteiger partial charge in [0.05, 0.1) is 0 Å². The van der Waals surface area contributed by atoms with E-state index >= 15 is 0 Å². The number of ether oxygens (including phenoxy) is 3. The molecule has 1 aliphatic heterocycles. The number of nitrogens with zero attached hydrogens (tertiary/aromatic N) is 2. The zero-order valence-electron chi connectivity index (χ0n) is 21.5. The summed E-state index contributed by atoms with van der Waals surface area (Å²) >= 11 is 0. The summed E-state index contributed by atoms with van der Waals surface area (Å²) in [5.74, 6) is 6.38. The lowest BCUT2D eigenvalue weighted by Crippen LogP contribution is -2.40. The highest BCUT2D eigenvalue weighted by atomic mass is 16.8. The third-order valence-electron chi connectivity index (χ3n) is 4.57. The van der Waals surface area contributed by atoms with Crippen molar-refractivity contribution in [2.45, 2.75) is 58.8 Å². The highest BCUT2D eigenvalue weighted by Gasteiger charge is 2.27. The monoisotopic (exact) mass is 492 g/mol. The van der Waals surface area contributed by atoms with Crippen LogP contribution >= 0.6 is 0 Å². The van der Waals surface area contributed by atoms with Crippen molar-refractivity contribution in [3.05, 3.63) is 71.3 Å². The molecule has 0 aliphatic carbocycles. The fourth-order valence-corrected chi connectivity index (χ4v) is 3.13. The number of amides is 1. The van der Waals surface area contributed by atoms with Gasteiger partial charge in [-0.1, -0.05) is 48.2 Å². The van der Waals surface area contributed by atoms with E-state index < -0.39 is 23.5 Å². The Balaban J connectivity index is 1.72. The summed E-state index contributed by atoms with van der Waals surface area (Å²) in [5, 5.41) is 0.741. The molecule has 0 radical (unpaired) electrons. The summed E-state index contributed by atoms with van der Waals surface area (Å²) < 4.78 is 16.3. The summed E-state index contributed by atoms with van der Waals surface area (Å²) in [5.41, 5.74) is 1.01. The van der Waals surface area contributed by atoms with E-state index in [1.807, 2.05) is 54.6 Å². The summed E-state index contributed by atoms with van der Waals surface area (Å²) in [4.78, 5) is 34.5. The van der Waals surface area contributed by atoms with Gasteiger partial charge in [0, 0.05) is 11.1 Å². The molecule has 190 valence electrons. The molecule has 1 amide bonds. The molecule has 0 N–H and O–H groups in total. The van der Waals surface area contributed by atoms with Gasteiger partial charge in [0.15, 0.2) is 0 Å². The zero-order valence-corrected chi connectivity index (χ0v) is 21.5. The van der Waals surface area contributed by atoms with Crippen LogP contribution in [0.2, 0.25) is 0 Å². The molecule has 0 spiro atoms. The van der Waals surface area contributed by atoms with E-state index in [2.05, 4.69) is 11.8 Å². The Morgan fingerprint density at radius 1 is 1.00 bits per heavy atom. The van der Waals surface area contributed by atoms with Crippen LogP contribution < -0.4 is 0 Å². The van der Waals surface area contributed by atoms with Gasteiger partial charge in [-0.15, -0.1) is 5.06 Å². The first kappa shape index (κ1) is 26.6. The van der Waals surface area contributed by atoms with Crippen molar-refractivity contribution in [3.8, 4) is 11.8 Å². The molecule has 1 aliphatic rings. The van der Waals surface area contributed by atoms with Crippen molar-refractivity contribution in [2.24, 2.45) is 4.99 Å². The lowest BCUT2D eigenvalue weighted by molar-refractivity contribution is -0.129. The Kier molecular flexibility index (Phi) is 8.25. The van der Waals surface area contributed by atoms with Crippen LogP contribution in [0.25, 0.3) is 0 Å². The van der Waals surface area contributed by atoms with Crippen molar-refractivity contribution in [1.29, 1.82) is 0 Å². The van der Waals surface area contributed by atoms with Crippen LogP contribution in [-0.2, 0) is 19.0 Å². The smallest absolute Gasteiger partial charge is 0.475 e. The van der Waals surface area contributed by atoms with Crippen LogP contribution in [0.15, 0.2) is 59.6 Å². The van der Waals surface area contributed by atoms with E-state index in [0.29, 0.717) is 18.1 Å². The Bertz CT molecular complexity index is 1170. The van der Waals surface area contributed by atoms with E-state index in [4.69, 9.17) is 24.0 Å². The third kappa shape index (κ3) is 8.35. The van der Waals surface area contributed by atoms with E-state index in [9.17, 15) is 9.59 Å². The summed E-state index contributed by atoms with van der Waals surface area (Å²) in [6.45, 7) is 10.5. The molecule has 2 aromatic rings. The van der Waals surface area contributed by atoms with Crippen molar-refractivity contribution < 1.29 is 28.6 Å². The number of aliphatic imine (C=N–C) groups is 1. The predicted molar refractivity (Wildman–Crippen MR) is 135 cm³/mol. The lowest BCUT2D eigenvalue weighted by atomic mass is 10.1. The second-order valence-electron chi connectivity index (χ2n) is 10.1. The Labute approximate surface area is 212 Å². The van der Waals surface area contributed by atoms with Gasteiger partial charge in [0.1, 0.15) is 30.4 Å². The first-order chi connectivity index (χ1) is 16.9. The lowest BCUT2D eigenvalue weighted by Gasteiger charge is -2.26. The largest absolute Gasteiger partial charge is 0.534 e. The maximum atomic E-state index is 12.5. The fraction of sp³-hybridized carbons (Fsp3) is 0.393. The molecule has 8 heteroatoms.